The highest BCUT2D eigenvalue weighted by Gasteiger charge is 2.15. The first kappa shape index (κ1) is 11.9. The van der Waals surface area contributed by atoms with Crippen molar-refractivity contribution >= 4 is 17.2 Å². The van der Waals surface area contributed by atoms with Gasteiger partial charge >= 0.3 is 0 Å². The van der Waals surface area contributed by atoms with Gasteiger partial charge in [0.25, 0.3) is 0 Å². The predicted molar refractivity (Wildman–Crippen MR) is 59.9 cm³/mol. The normalized spacial score (nSPS) is 20.4. The fraction of sp³-hybridized carbons (Fsp3) is 0.727. The summed E-state index contributed by atoms with van der Waals surface area (Å²) in [6.45, 7) is 3.11. The molecular formula is C11H18N2O2. The van der Waals surface area contributed by atoms with Crippen LogP contribution in [0.4, 0.5) is 0 Å². The molecule has 15 heavy (non-hydrogen) atoms. The van der Waals surface area contributed by atoms with Crippen molar-refractivity contribution in [1.29, 1.82) is 0 Å². The Bertz CT molecular complexity index is 289. The van der Waals surface area contributed by atoms with Crippen LogP contribution in [0.3, 0.4) is 0 Å². The lowest BCUT2D eigenvalue weighted by Gasteiger charge is -2.18. The van der Waals surface area contributed by atoms with Crippen molar-refractivity contribution in [3.8, 4) is 0 Å². The molecule has 0 unspecified atom stereocenters. The van der Waals surface area contributed by atoms with Crippen LogP contribution < -0.4 is 0 Å². The molecular weight excluding hydrogens is 192 g/mol. The van der Waals surface area contributed by atoms with E-state index < -0.39 is 0 Å². The molecule has 0 bridgehead atoms. The molecule has 4 nitrogen and oxygen atoms in total. The molecule has 1 saturated carbocycles. The van der Waals surface area contributed by atoms with E-state index >= 15 is 0 Å². The molecule has 1 rings (SSSR count). The fourth-order valence-corrected chi connectivity index (χ4v) is 1.94. The summed E-state index contributed by atoms with van der Waals surface area (Å²) in [5.74, 6) is -0.241. The second kappa shape index (κ2) is 5.63. The minimum Gasteiger partial charge on any atom is -0.410 e. The Morgan fingerprint density at radius 1 is 1.20 bits per heavy atom. The van der Waals surface area contributed by atoms with Gasteiger partial charge in [-0.25, -0.2) is 0 Å². The van der Waals surface area contributed by atoms with E-state index in [0.29, 0.717) is 11.8 Å². The summed E-state index contributed by atoms with van der Waals surface area (Å²) in [5, 5.41) is 11.7. The van der Waals surface area contributed by atoms with Crippen LogP contribution in [0.1, 0.15) is 46.0 Å². The summed E-state index contributed by atoms with van der Waals surface area (Å²) in [6, 6.07) is 0.301. The van der Waals surface area contributed by atoms with E-state index in [0.717, 1.165) is 12.8 Å². The fourth-order valence-electron chi connectivity index (χ4n) is 1.94. The van der Waals surface area contributed by atoms with E-state index in [9.17, 15) is 4.79 Å². The van der Waals surface area contributed by atoms with Gasteiger partial charge in [0, 0.05) is 6.92 Å². The van der Waals surface area contributed by atoms with Crippen LogP contribution in [-0.4, -0.2) is 28.5 Å². The van der Waals surface area contributed by atoms with E-state index in [1.807, 2.05) is 0 Å². The molecule has 0 atom stereocenters. The summed E-state index contributed by atoms with van der Waals surface area (Å²) in [6.07, 6.45) is 5.83. The van der Waals surface area contributed by atoms with Gasteiger partial charge in [-0.2, -0.15) is 0 Å². The maximum absolute atomic E-state index is 11.1. The minimum atomic E-state index is -0.241. The molecule has 0 aromatic heterocycles. The zero-order chi connectivity index (χ0) is 11.3. The highest BCUT2D eigenvalue weighted by Crippen LogP contribution is 2.20. The van der Waals surface area contributed by atoms with E-state index in [1.165, 1.54) is 26.2 Å². The van der Waals surface area contributed by atoms with Crippen molar-refractivity contribution in [2.24, 2.45) is 10.1 Å². The molecule has 4 heteroatoms. The molecule has 1 N–H and O–H groups in total. The van der Waals surface area contributed by atoms with Crippen LogP contribution in [0.25, 0.3) is 0 Å². The maximum atomic E-state index is 11.1. The summed E-state index contributed by atoms with van der Waals surface area (Å²) < 4.78 is 0. The SMILES string of the molecule is CC(=O)C(=NO)C(C)=NC1CCCCC1. The van der Waals surface area contributed by atoms with Crippen LogP contribution in [0.5, 0.6) is 0 Å². The van der Waals surface area contributed by atoms with Gasteiger partial charge in [0.15, 0.2) is 11.5 Å². The number of oxime groups is 1. The monoisotopic (exact) mass is 210 g/mol. The summed E-state index contributed by atoms with van der Waals surface area (Å²) in [4.78, 5) is 15.5. The molecule has 84 valence electrons. The van der Waals surface area contributed by atoms with E-state index in [4.69, 9.17) is 5.21 Å². The van der Waals surface area contributed by atoms with Crippen molar-refractivity contribution < 1.29 is 10.0 Å². The van der Waals surface area contributed by atoms with Gasteiger partial charge in [-0.3, -0.25) is 9.79 Å². The number of nitrogens with zero attached hydrogens (tertiary/aromatic N) is 2. The highest BCUT2D eigenvalue weighted by molar-refractivity contribution is 6.66. The lowest BCUT2D eigenvalue weighted by atomic mass is 9.96. The molecule has 0 radical (unpaired) electrons. The third kappa shape index (κ3) is 3.46. The Hall–Kier alpha value is -1.19. The van der Waals surface area contributed by atoms with Crippen molar-refractivity contribution in [3.63, 3.8) is 0 Å². The standard InChI is InChI=1S/C11H18N2O2/c1-8(11(13-15)9(2)14)12-10-6-4-3-5-7-10/h10,15H,3-7H2,1-2H3. The van der Waals surface area contributed by atoms with Crippen molar-refractivity contribution in [2.45, 2.75) is 52.0 Å². The van der Waals surface area contributed by atoms with E-state index in [-0.39, 0.29) is 11.5 Å². The van der Waals surface area contributed by atoms with Gasteiger partial charge in [-0.15, -0.1) is 0 Å². The average Bonchev–Trinajstić information content (AvgIpc) is 2.19. The minimum absolute atomic E-state index is 0.0839. The third-order valence-electron chi connectivity index (χ3n) is 2.73. The van der Waals surface area contributed by atoms with Gasteiger partial charge in [-0.05, 0) is 19.8 Å². The molecule has 0 saturated heterocycles. The van der Waals surface area contributed by atoms with E-state index in [2.05, 4.69) is 10.1 Å². The maximum Gasteiger partial charge on any atom is 0.183 e. The van der Waals surface area contributed by atoms with Gasteiger partial charge in [0.1, 0.15) is 0 Å². The Labute approximate surface area is 90.1 Å². The van der Waals surface area contributed by atoms with Crippen LogP contribution in [0.2, 0.25) is 0 Å². The lowest BCUT2D eigenvalue weighted by molar-refractivity contribution is -0.111. The van der Waals surface area contributed by atoms with Crippen molar-refractivity contribution in [1.82, 2.24) is 0 Å². The molecule has 0 aromatic rings. The van der Waals surface area contributed by atoms with Crippen LogP contribution in [-0.2, 0) is 4.79 Å². The van der Waals surface area contributed by atoms with Crippen molar-refractivity contribution in [2.75, 3.05) is 0 Å². The van der Waals surface area contributed by atoms with E-state index in [1.54, 1.807) is 6.92 Å². The number of carbonyl (C=O) groups is 1. The first-order valence-electron chi connectivity index (χ1n) is 5.43. The number of hydrogen-bond acceptors (Lipinski definition) is 4. The lowest BCUT2D eigenvalue weighted by Crippen LogP contribution is -2.22. The molecule has 0 aromatic carbocycles. The summed E-state index contributed by atoms with van der Waals surface area (Å²) >= 11 is 0. The number of Topliss-reactive ketones (excluding diaryl/α,β-unsaturated/α-hetero) is 1. The molecule has 0 aliphatic heterocycles. The Balaban J connectivity index is 2.68. The molecule has 1 fully saturated rings. The summed E-state index contributed by atoms with van der Waals surface area (Å²) in [5.41, 5.74) is 0.637. The van der Waals surface area contributed by atoms with Crippen LogP contribution in [0.15, 0.2) is 10.1 Å². The first-order valence-corrected chi connectivity index (χ1v) is 5.43. The zero-order valence-corrected chi connectivity index (χ0v) is 9.36. The topological polar surface area (TPSA) is 62.0 Å². The largest absolute Gasteiger partial charge is 0.410 e. The Kier molecular flexibility index (Phi) is 4.46. The molecule has 0 heterocycles. The first-order chi connectivity index (χ1) is 7.15. The van der Waals surface area contributed by atoms with Crippen LogP contribution >= 0.6 is 0 Å². The quantitative estimate of drug-likeness (QED) is 0.441. The molecule has 1 aliphatic carbocycles. The predicted octanol–water partition coefficient (Wildman–Crippen LogP) is 2.20. The molecule has 1 aliphatic rings. The Morgan fingerprint density at radius 2 is 1.80 bits per heavy atom. The molecule has 0 amide bonds. The van der Waals surface area contributed by atoms with Gasteiger partial charge in [0.05, 0.1) is 11.8 Å². The number of aliphatic imine (C=N–C) groups is 1. The van der Waals surface area contributed by atoms with Gasteiger partial charge < -0.3 is 5.21 Å². The summed E-state index contributed by atoms with van der Waals surface area (Å²) in [7, 11) is 0. The second-order valence-electron chi connectivity index (χ2n) is 4.01. The number of hydrogen-bond donors (Lipinski definition) is 1. The van der Waals surface area contributed by atoms with Gasteiger partial charge in [-0.1, -0.05) is 24.4 Å². The number of carbonyl (C=O) groups excluding carboxylic acids is 1. The number of rotatable bonds is 3. The Morgan fingerprint density at radius 3 is 2.27 bits per heavy atom. The van der Waals surface area contributed by atoms with Crippen molar-refractivity contribution in [3.05, 3.63) is 0 Å². The second-order valence-corrected chi connectivity index (χ2v) is 4.01. The van der Waals surface area contributed by atoms with Gasteiger partial charge in [0.2, 0.25) is 0 Å². The zero-order valence-electron chi connectivity index (χ0n) is 9.36. The third-order valence-corrected chi connectivity index (χ3v) is 2.73. The number of ketones is 1. The smallest absolute Gasteiger partial charge is 0.183 e. The molecule has 0 spiro atoms. The highest BCUT2D eigenvalue weighted by atomic mass is 16.4. The van der Waals surface area contributed by atoms with Crippen LogP contribution in [0, 0.1) is 0 Å². The average molecular weight is 210 g/mol.